The zero-order chi connectivity index (χ0) is 25.6. The maximum atomic E-state index is 6.49. The normalized spacial score (nSPS) is 14.4. The molecule has 0 aliphatic carbocycles. The van der Waals surface area contributed by atoms with Crippen molar-refractivity contribution in [3.05, 3.63) is 77.5 Å². The molecule has 0 spiro atoms. The molecule has 0 saturated carbocycles. The summed E-state index contributed by atoms with van der Waals surface area (Å²) in [5, 5.41) is 0.369. The molecular formula is C29H46O3Si2. The van der Waals surface area contributed by atoms with Gasteiger partial charge in [-0.2, -0.15) is 0 Å². The zero-order valence-electron chi connectivity index (χ0n) is 23.1. The average molecular weight is 499 g/mol. The van der Waals surface area contributed by atoms with Crippen LogP contribution in [0.1, 0.15) is 64.3 Å². The van der Waals surface area contributed by atoms with Crippen LogP contribution >= 0.6 is 0 Å². The molecule has 34 heavy (non-hydrogen) atoms. The van der Waals surface area contributed by atoms with E-state index in [0.717, 1.165) is 11.1 Å². The van der Waals surface area contributed by atoms with Crippen LogP contribution < -0.4 is 0 Å². The summed E-state index contributed by atoms with van der Waals surface area (Å²) in [5.41, 5.74) is 3.42. The fraction of sp³-hybridized carbons (Fsp3) is 0.517. The summed E-state index contributed by atoms with van der Waals surface area (Å²) in [6.45, 7) is 23.9. The molecule has 0 aliphatic rings. The number of benzene rings is 2. The zero-order valence-corrected chi connectivity index (χ0v) is 25.1. The van der Waals surface area contributed by atoms with Crippen molar-refractivity contribution in [2.75, 3.05) is 6.61 Å². The number of rotatable bonds is 10. The van der Waals surface area contributed by atoms with Crippen LogP contribution in [0.15, 0.2) is 60.9 Å². The monoisotopic (exact) mass is 498 g/mol. The maximum Gasteiger partial charge on any atom is 0.192 e. The van der Waals surface area contributed by atoms with Crippen molar-refractivity contribution >= 4 is 22.7 Å². The van der Waals surface area contributed by atoms with Gasteiger partial charge in [0, 0.05) is 0 Å². The first-order valence-corrected chi connectivity index (χ1v) is 18.2. The Hall–Kier alpha value is -1.67. The third-order valence-electron chi connectivity index (χ3n) is 7.43. The highest BCUT2D eigenvalue weighted by molar-refractivity contribution is 6.74. The van der Waals surface area contributed by atoms with Crippen molar-refractivity contribution in [3.8, 4) is 0 Å². The van der Waals surface area contributed by atoms with Gasteiger partial charge in [0.2, 0.25) is 0 Å². The molecule has 5 heteroatoms. The van der Waals surface area contributed by atoms with Gasteiger partial charge in [-0.25, -0.2) is 0 Å². The third-order valence-corrected chi connectivity index (χ3v) is 16.4. The van der Waals surface area contributed by atoms with Crippen LogP contribution in [0, 0.1) is 0 Å². The summed E-state index contributed by atoms with van der Waals surface area (Å²) >= 11 is 0. The minimum atomic E-state index is -1.86. The summed E-state index contributed by atoms with van der Waals surface area (Å²) in [4.78, 5) is 0. The Kier molecular flexibility index (Phi) is 9.56. The molecular weight excluding hydrogens is 452 g/mol. The highest BCUT2D eigenvalue weighted by Crippen LogP contribution is 2.38. The van der Waals surface area contributed by atoms with Crippen LogP contribution in [0.5, 0.6) is 0 Å². The fourth-order valence-corrected chi connectivity index (χ4v) is 4.82. The number of ether oxygens (including phenoxy) is 1. The molecule has 188 valence electrons. The molecule has 0 bridgehead atoms. The fourth-order valence-electron chi connectivity index (χ4n) is 2.86. The summed E-state index contributed by atoms with van der Waals surface area (Å²) in [6, 6.07) is 18.8. The standard InChI is InChI=1S/C29H46O3Si2/c1-28(2,3)33(7,8)31-22-25-16-14-15-24(21-25)19-20-30-27(26-17-12-11-13-18-26)23-32-34(9,10)29(4,5)6/h11-21,27H,22-23H2,1-10H3. The first-order chi connectivity index (χ1) is 15.6. The summed E-state index contributed by atoms with van der Waals surface area (Å²) in [5.74, 6) is 0. The predicted molar refractivity (Wildman–Crippen MR) is 151 cm³/mol. The van der Waals surface area contributed by atoms with E-state index in [2.05, 4.69) is 104 Å². The number of hydrogen-bond acceptors (Lipinski definition) is 3. The molecule has 2 aromatic rings. The van der Waals surface area contributed by atoms with Crippen molar-refractivity contribution in [1.29, 1.82) is 0 Å². The van der Waals surface area contributed by atoms with E-state index in [9.17, 15) is 0 Å². The predicted octanol–water partition coefficient (Wildman–Crippen LogP) is 8.96. The van der Waals surface area contributed by atoms with Crippen molar-refractivity contribution in [3.63, 3.8) is 0 Å². The van der Waals surface area contributed by atoms with E-state index < -0.39 is 16.6 Å². The van der Waals surface area contributed by atoms with Gasteiger partial charge in [-0.3, -0.25) is 0 Å². The Balaban J connectivity index is 2.08. The van der Waals surface area contributed by atoms with Gasteiger partial charge in [0.1, 0.15) is 6.10 Å². The highest BCUT2D eigenvalue weighted by Gasteiger charge is 2.38. The van der Waals surface area contributed by atoms with Gasteiger partial charge in [0.15, 0.2) is 16.6 Å². The van der Waals surface area contributed by atoms with Crippen molar-refractivity contribution in [1.82, 2.24) is 0 Å². The van der Waals surface area contributed by atoms with Gasteiger partial charge in [-0.15, -0.1) is 0 Å². The summed E-state index contributed by atoms with van der Waals surface area (Å²) < 4.78 is 19.1. The van der Waals surface area contributed by atoms with Gasteiger partial charge in [-0.1, -0.05) is 90.1 Å². The molecule has 0 amide bonds. The molecule has 2 rings (SSSR count). The molecule has 1 unspecified atom stereocenters. The molecule has 0 saturated heterocycles. The van der Waals surface area contributed by atoms with Gasteiger partial charge in [-0.05, 0) is 65.1 Å². The Bertz CT molecular complexity index is 922. The molecule has 1 atom stereocenters. The van der Waals surface area contributed by atoms with Crippen molar-refractivity contribution < 1.29 is 13.6 Å². The van der Waals surface area contributed by atoms with Gasteiger partial charge < -0.3 is 13.6 Å². The van der Waals surface area contributed by atoms with Crippen LogP contribution in [-0.4, -0.2) is 23.2 Å². The second kappa shape index (κ2) is 11.4. The van der Waals surface area contributed by atoms with Crippen LogP contribution in [0.4, 0.5) is 0 Å². The van der Waals surface area contributed by atoms with E-state index in [1.54, 1.807) is 6.26 Å². The molecule has 0 aromatic heterocycles. The first kappa shape index (κ1) is 28.6. The quantitative estimate of drug-likeness (QED) is 0.242. The molecule has 0 heterocycles. The molecule has 0 radical (unpaired) electrons. The van der Waals surface area contributed by atoms with Crippen LogP contribution in [0.2, 0.25) is 36.3 Å². The lowest BCUT2D eigenvalue weighted by molar-refractivity contribution is 0.0832. The minimum Gasteiger partial charge on any atom is -0.491 e. The SMILES string of the molecule is CC(C)(C)[Si](C)(C)OCc1cccc(C=COC(CO[Si](C)(C)C(C)(C)C)c2ccccc2)c1. The topological polar surface area (TPSA) is 27.7 Å². The lowest BCUT2D eigenvalue weighted by atomic mass is 10.1. The number of hydrogen-bond donors (Lipinski definition) is 0. The Morgan fingerprint density at radius 1 is 0.765 bits per heavy atom. The second-order valence-electron chi connectivity index (χ2n) is 12.2. The minimum absolute atomic E-state index is 0.142. The van der Waals surface area contributed by atoms with Gasteiger partial charge in [0.25, 0.3) is 0 Å². The maximum absolute atomic E-state index is 6.49. The Labute approximate surface area is 210 Å². The van der Waals surface area contributed by atoms with Crippen molar-refractivity contribution in [2.24, 2.45) is 0 Å². The first-order valence-electron chi connectivity index (χ1n) is 12.4. The summed E-state index contributed by atoms with van der Waals surface area (Å²) in [7, 11) is -3.64. The molecule has 2 aromatic carbocycles. The lowest BCUT2D eigenvalue weighted by Gasteiger charge is -2.37. The highest BCUT2D eigenvalue weighted by atomic mass is 28.4. The largest absolute Gasteiger partial charge is 0.491 e. The van der Waals surface area contributed by atoms with E-state index in [1.165, 1.54) is 5.56 Å². The van der Waals surface area contributed by atoms with E-state index in [0.29, 0.717) is 13.2 Å². The average Bonchev–Trinajstić information content (AvgIpc) is 2.74. The Morgan fingerprint density at radius 3 is 1.94 bits per heavy atom. The molecule has 0 fully saturated rings. The second-order valence-corrected chi connectivity index (χ2v) is 21.8. The van der Waals surface area contributed by atoms with Crippen molar-refractivity contribution in [2.45, 2.75) is 90.5 Å². The van der Waals surface area contributed by atoms with Gasteiger partial charge in [0.05, 0.1) is 19.5 Å². The Morgan fingerprint density at radius 2 is 1.35 bits per heavy atom. The lowest BCUT2D eigenvalue weighted by Crippen LogP contribution is -2.41. The van der Waals surface area contributed by atoms with E-state index in [1.807, 2.05) is 24.3 Å². The van der Waals surface area contributed by atoms with Crippen LogP contribution in [-0.2, 0) is 20.2 Å². The van der Waals surface area contributed by atoms with E-state index in [4.69, 9.17) is 13.6 Å². The van der Waals surface area contributed by atoms with Gasteiger partial charge >= 0.3 is 0 Å². The van der Waals surface area contributed by atoms with Crippen LogP contribution in [0.25, 0.3) is 6.08 Å². The molecule has 3 nitrogen and oxygen atoms in total. The van der Waals surface area contributed by atoms with E-state index >= 15 is 0 Å². The smallest absolute Gasteiger partial charge is 0.192 e. The summed E-state index contributed by atoms with van der Waals surface area (Å²) in [6.07, 6.45) is 3.69. The molecule has 0 aliphatic heterocycles. The molecule has 0 N–H and O–H groups in total. The van der Waals surface area contributed by atoms with Crippen LogP contribution in [0.3, 0.4) is 0 Å². The third kappa shape index (κ3) is 8.22. The van der Waals surface area contributed by atoms with E-state index in [-0.39, 0.29) is 16.2 Å².